The summed E-state index contributed by atoms with van der Waals surface area (Å²) in [5.74, 6) is 1.60. The Kier molecular flexibility index (Phi) is 5.94. The molecule has 1 aliphatic rings. The van der Waals surface area contributed by atoms with Gasteiger partial charge < -0.3 is 19.4 Å². The van der Waals surface area contributed by atoms with Crippen molar-refractivity contribution in [1.29, 1.82) is 0 Å². The van der Waals surface area contributed by atoms with Gasteiger partial charge in [0.1, 0.15) is 0 Å². The minimum absolute atomic E-state index is 0.358. The quantitative estimate of drug-likeness (QED) is 0.613. The monoisotopic (exact) mass is 325 g/mol. The number of fused-ring (bicyclic) bond motifs is 1. The van der Waals surface area contributed by atoms with E-state index in [9.17, 15) is 4.57 Å². The number of nitrogens with one attached hydrogen (secondary N) is 1. The topological polar surface area (TPSA) is 47.6 Å². The van der Waals surface area contributed by atoms with Crippen LogP contribution in [0.15, 0.2) is 12.1 Å². The summed E-state index contributed by atoms with van der Waals surface area (Å²) in [6.45, 7) is 4.63. The first-order valence-corrected chi connectivity index (χ1v) is 10.8. The molecule has 0 saturated heterocycles. The van der Waals surface area contributed by atoms with Crippen LogP contribution in [-0.2, 0) is 11.0 Å². The number of hydrogen-bond acceptors (Lipinski definition) is 4. The van der Waals surface area contributed by atoms with E-state index in [4.69, 9.17) is 9.47 Å². The molecule has 4 nitrogen and oxygen atoms in total. The van der Waals surface area contributed by atoms with Crippen LogP contribution in [0.4, 0.5) is 0 Å². The Hall–Kier alpha value is -0.990. The molecule has 1 aromatic carbocycles. The predicted octanol–water partition coefficient (Wildman–Crippen LogP) is 3.68. The zero-order chi connectivity index (χ0) is 16.2. The normalized spacial score (nSPS) is 17.9. The highest BCUT2D eigenvalue weighted by Crippen LogP contribution is 2.39. The van der Waals surface area contributed by atoms with Crippen LogP contribution >= 0.6 is 7.14 Å². The summed E-state index contributed by atoms with van der Waals surface area (Å²) < 4.78 is 22.6. The molecule has 0 bridgehead atoms. The van der Waals surface area contributed by atoms with Crippen LogP contribution in [-0.4, -0.2) is 40.3 Å². The standard InChI is InChI=1S/C17H28NO3P/c1-20-16-11-13-7-5-8-15(14(13)12-17(16)21-2)18-9-6-10-22(3,4)19/h11-12,15,18H,5-10H2,1-4H3. The van der Waals surface area contributed by atoms with E-state index in [0.717, 1.165) is 43.5 Å². The maximum Gasteiger partial charge on any atom is 0.161 e. The van der Waals surface area contributed by atoms with Crippen LogP contribution in [0.25, 0.3) is 0 Å². The zero-order valence-electron chi connectivity index (χ0n) is 14.1. The average Bonchev–Trinajstić information content (AvgIpc) is 2.49. The van der Waals surface area contributed by atoms with Gasteiger partial charge in [0.15, 0.2) is 11.5 Å². The first-order chi connectivity index (χ1) is 10.4. The van der Waals surface area contributed by atoms with Crippen molar-refractivity contribution in [2.45, 2.75) is 31.7 Å². The molecule has 22 heavy (non-hydrogen) atoms. The summed E-state index contributed by atoms with van der Waals surface area (Å²) in [5, 5.41) is 3.62. The lowest BCUT2D eigenvalue weighted by Crippen LogP contribution is -2.26. The van der Waals surface area contributed by atoms with Gasteiger partial charge in [-0.3, -0.25) is 0 Å². The molecule has 0 aromatic heterocycles. The summed E-state index contributed by atoms with van der Waals surface area (Å²) >= 11 is 0. The van der Waals surface area contributed by atoms with Crippen LogP contribution in [0.5, 0.6) is 11.5 Å². The highest BCUT2D eigenvalue weighted by atomic mass is 31.2. The van der Waals surface area contributed by atoms with Gasteiger partial charge in [-0.1, -0.05) is 0 Å². The molecule has 0 heterocycles. The molecule has 2 rings (SSSR count). The number of ether oxygens (including phenoxy) is 2. The van der Waals surface area contributed by atoms with E-state index in [-0.39, 0.29) is 0 Å². The summed E-state index contributed by atoms with van der Waals surface area (Å²) in [6, 6.07) is 4.57. The lowest BCUT2D eigenvalue weighted by molar-refractivity contribution is 0.351. The largest absolute Gasteiger partial charge is 0.493 e. The van der Waals surface area contributed by atoms with E-state index in [1.807, 2.05) is 13.3 Å². The number of methoxy groups -OCH3 is 2. The van der Waals surface area contributed by atoms with E-state index in [0.29, 0.717) is 6.04 Å². The first kappa shape index (κ1) is 17.4. The molecule has 1 atom stereocenters. The van der Waals surface area contributed by atoms with Crippen molar-refractivity contribution in [2.75, 3.05) is 40.3 Å². The Morgan fingerprint density at radius 2 is 1.91 bits per heavy atom. The maximum atomic E-state index is 11.8. The first-order valence-electron chi connectivity index (χ1n) is 7.97. The molecule has 1 N–H and O–H groups in total. The van der Waals surface area contributed by atoms with Crippen LogP contribution in [0.1, 0.15) is 36.4 Å². The van der Waals surface area contributed by atoms with E-state index >= 15 is 0 Å². The second kappa shape index (κ2) is 7.52. The zero-order valence-corrected chi connectivity index (χ0v) is 15.0. The number of aryl methyl sites for hydroxylation is 1. The van der Waals surface area contributed by atoms with Crippen molar-refractivity contribution in [1.82, 2.24) is 5.32 Å². The van der Waals surface area contributed by atoms with Crippen molar-refractivity contribution in [3.05, 3.63) is 23.3 Å². The highest BCUT2D eigenvalue weighted by molar-refractivity contribution is 7.62. The van der Waals surface area contributed by atoms with E-state index in [2.05, 4.69) is 17.4 Å². The van der Waals surface area contributed by atoms with Gasteiger partial charge in [-0.05, 0) is 68.8 Å². The molecule has 0 spiro atoms. The van der Waals surface area contributed by atoms with Gasteiger partial charge >= 0.3 is 0 Å². The van der Waals surface area contributed by atoms with Crippen LogP contribution in [0, 0.1) is 0 Å². The van der Waals surface area contributed by atoms with Gasteiger partial charge in [0, 0.05) is 12.2 Å². The second-order valence-corrected chi connectivity index (χ2v) is 10.1. The SMILES string of the molecule is COc1cc2c(cc1OC)C(NCCCP(C)(C)=O)CCC2. The number of rotatable bonds is 7. The molecule has 1 aromatic rings. The Balaban J connectivity index is 2.06. The van der Waals surface area contributed by atoms with Gasteiger partial charge in [-0.2, -0.15) is 0 Å². The second-order valence-electron chi connectivity index (χ2n) is 6.46. The Morgan fingerprint density at radius 3 is 2.55 bits per heavy atom. The van der Waals surface area contributed by atoms with Crippen LogP contribution < -0.4 is 14.8 Å². The van der Waals surface area contributed by atoms with Crippen molar-refractivity contribution >= 4 is 7.14 Å². The Morgan fingerprint density at radius 1 is 1.23 bits per heavy atom. The van der Waals surface area contributed by atoms with Crippen molar-refractivity contribution in [3.8, 4) is 11.5 Å². The van der Waals surface area contributed by atoms with Gasteiger partial charge in [0.05, 0.1) is 21.4 Å². The molecule has 0 aliphatic heterocycles. The van der Waals surface area contributed by atoms with E-state index < -0.39 is 7.14 Å². The minimum Gasteiger partial charge on any atom is -0.493 e. The smallest absolute Gasteiger partial charge is 0.161 e. The van der Waals surface area contributed by atoms with E-state index in [1.165, 1.54) is 17.5 Å². The molecular formula is C17H28NO3P. The van der Waals surface area contributed by atoms with Gasteiger partial charge in [-0.15, -0.1) is 0 Å². The maximum absolute atomic E-state index is 11.8. The highest BCUT2D eigenvalue weighted by Gasteiger charge is 2.22. The fourth-order valence-electron chi connectivity index (χ4n) is 3.08. The van der Waals surface area contributed by atoms with Crippen molar-refractivity contribution in [2.24, 2.45) is 0 Å². The molecule has 5 heteroatoms. The molecule has 0 amide bonds. The fraction of sp³-hybridized carbons (Fsp3) is 0.647. The van der Waals surface area contributed by atoms with Crippen molar-refractivity contribution < 1.29 is 14.0 Å². The Bertz CT molecular complexity index is 553. The molecule has 1 unspecified atom stereocenters. The molecule has 0 radical (unpaired) electrons. The van der Waals surface area contributed by atoms with Gasteiger partial charge in [0.25, 0.3) is 0 Å². The molecule has 124 valence electrons. The fourth-order valence-corrected chi connectivity index (χ4v) is 4.00. The lowest BCUT2D eigenvalue weighted by atomic mass is 9.87. The summed E-state index contributed by atoms with van der Waals surface area (Å²) in [7, 11) is 1.45. The minimum atomic E-state index is -1.90. The molecule has 0 saturated carbocycles. The summed E-state index contributed by atoms with van der Waals surface area (Å²) in [6.07, 6.45) is 5.18. The summed E-state index contributed by atoms with van der Waals surface area (Å²) in [5.41, 5.74) is 2.66. The number of benzene rings is 1. The van der Waals surface area contributed by atoms with Crippen LogP contribution in [0.3, 0.4) is 0 Å². The van der Waals surface area contributed by atoms with Crippen molar-refractivity contribution in [3.63, 3.8) is 0 Å². The molecule has 1 aliphatic carbocycles. The van der Waals surface area contributed by atoms with Gasteiger partial charge in [0.2, 0.25) is 0 Å². The molecular weight excluding hydrogens is 297 g/mol. The third-order valence-corrected chi connectivity index (χ3v) is 5.62. The third kappa shape index (κ3) is 4.50. The number of hydrogen-bond donors (Lipinski definition) is 1. The van der Waals surface area contributed by atoms with Gasteiger partial charge in [-0.25, -0.2) is 0 Å². The average molecular weight is 325 g/mol. The lowest BCUT2D eigenvalue weighted by Gasteiger charge is -2.28. The van der Waals surface area contributed by atoms with E-state index in [1.54, 1.807) is 14.2 Å². The predicted molar refractivity (Wildman–Crippen MR) is 92.2 cm³/mol. The summed E-state index contributed by atoms with van der Waals surface area (Å²) in [4.78, 5) is 0. The third-order valence-electron chi connectivity index (χ3n) is 4.22. The molecule has 0 fully saturated rings. The van der Waals surface area contributed by atoms with Crippen LogP contribution in [0.2, 0.25) is 0 Å². The Labute approximate surface area is 134 Å².